The lowest BCUT2D eigenvalue weighted by Crippen LogP contribution is -2.18. The Kier molecular flexibility index (Phi) is 60.8. The van der Waals surface area contributed by atoms with Crippen LogP contribution in [-0.2, 0) is 0 Å². The first-order valence-corrected chi connectivity index (χ1v) is 38.3. The van der Waals surface area contributed by atoms with Gasteiger partial charge in [0.2, 0.25) is 0 Å². The third kappa shape index (κ3) is 54.1. The van der Waals surface area contributed by atoms with E-state index in [9.17, 15) is 5.11 Å². The van der Waals surface area contributed by atoms with Crippen LogP contribution >= 0.6 is 0 Å². The van der Waals surface area contributed by atoms with E-state index in [4.69, 9.17) is 0 Å². The Morgan fingerprint density at radius 3 is 0.690 bits per heavy atom. The van der Waals surface area contributed by atoms with Gasteiger partial charge in [0.1, 0.15) is 0 Å². The second-order valence-electron chi connectivity index (χ2n) is 27.6. The zero-order chi connectivity index (χ0) is 60.5. The van der Waals surface area contributed by atoms with Crippen LogP contribution in [0.4, 0.5) is 0 Å². The molecule has 2 aliphatic carbocycles. The van der Waals surface area contributed by atoms with Gasteiger partial charge in [-0.2, -0.15) is 0 Å². The molecule has 84 heavy (non-hydrogen) atoms. The molecule has 1 N–H and O–H groups in total. The van der Waals surface area contributed by atoms with E-state index in [1.165, 1.54) is 334 Å². The van der Waals surface area contributed by atoms with Gasteiger partial charge in [-0.15, -0.1) is 0 Å². The van der Waals surface area contributed by atoms with Crippen LogP contribution in [0.15, 0.2) is 97.2 Å². The molecule has 2 atom stereocenters. The van der Waals surface area contributed by atoms with Crippen molar-refractivity contribution in [2.45, 2.75) is 413 Å². The Morgan fingerprint density at radius 2 is 0.476 bits per heavy atom. The van der Waals surface area contributed by atoms with Gasteiger partial charge < -0.3 is 5.11 Å². The molecule has 0 aliphatic heterocycles. The van der Waals surface area contributed by atoms with Gasteiger partial charge in [-0.25, -0.2) is 0 Å². The molecule has 2 unspecified atom stereocenters. The van der Waals surface area contributed by atoms with Gasteiger partial charge >= 0.3 is 0 Å². The molecule has 2 fully saturated rings. The van der Waals surface area contributed by atoms with Crippen LogP contribution in [-0.4, -0.2) is 11.2 Å². The number of rotatable bonds is 60. The van der Waals surface area contributed by atoms with Crippen molar-refractivity contribution in [2.24, 2.45) is 16.7 Å². The van der Waals surface area contributed by atoms with Crippen molar-refractivity contribution >= 4 is 0 Å². The number of unbranched alkanes of at least 4 members (excludes halogenated alkanes) is 36. The Morgan fingerprint density at radius 1 is 0.262 bits per heavy atom. The second kappa shape index (κ2) is 63.9. The lowest BCUT2D eigenvalue weighted by Gasteiger charge is -2.30. The quantitative estimate of drug-likeness (QED) is 0.0475. The summed E-state index contributed by atoms with van der Waals surface area (Å²) in [5.74, 6) is 0.971. The average Bonchev–Trinajstić information content (AvgIpc) is 4.32. The molecule has 0 spiro atoms. The fourth-order valence-corrected chi connectivity index (χ4v) is 13.8. The normalized spacial score (nSPS) is 17.3. The fourth-order valence-electron chi connectivity index (χ4n) is 13.8. The monoisotopic (exact) mass is 1160 g/mol. The molecule has 0 heterocycles. The maximum atomic E-state index is 10.3. The van der Waals surface area contributed by atoms with Gasteiger partial charge in [0, 0.05) is 0 Å². The van der Waals surface area contributed by atoms with E-state index in [1.807, 2.05) is 0 Å². The maximum Gasteiger partial charge on any atom is 0.0545 e. The van der Waals surface area contributed by atoms with E-state index >= 15 is 0 Å². The first kappa shape index (κ1) is 79.9. The van der Waals surface area contributed by atoms with E-state index in [-0.39, 0.29) is 6.10 Å². The minimum absolute atomic E-state index is 0.0285. The highest BCUT2D eigenvalue weighted by molar-refractivity contribution is 4.96. The van der Waals surface area contributed by atoms with Crippen molar-refractivity contribution < 1.29 is 5.11 Å². The van der Waals surface area contributed by atoms with E-state index in [0.717, 1.165) is 44.4 Å². The highest BCUT2D eigenvalue weighted by Gasteiger charge is 2.37. The van der Waals surface area contributed by atoms with E-state index < -0.39 is 0 Å². The summed E-state index contributed by atoms with van der Waals surface area (Å²) >= 11 is 0. The molecule has 0 aromatic rings. The van der Waals surface area contributed by atoms with Crippen LogP contribution in [0.25, 0.3) is 0 Å². The van der Waals surface area contributed by atoms with E-state index in [2.05, 4.69) is 132 Å². The third-order valence-electron chi connectivity index (χ3n) is 19.3. The summed E-state index contributed by atoms with van der Waals surface area (Å²) in [5.41, 5.74) is 1.17. The highest BCUT2D eigenvalue weighted by Crippen LogP contribution is 2.49. The van der Waals surface area contributed by atoms with E-state index in [1.54, 1.807) is 0 Å². The SMILES string of the molecule is CCCCC/C=C\C/C=C\CCCCCCCCC1(CCCCCCCC/C=C\C/C=C\CCCCC)CCC(C)C1.CCCCC/C=C\C/C=C\CCCCCCCCC1(CCCCCCCC/C=C\C/C=C\CCCCC)CCC(O)C1. The maximum absolute atomic E-state index is 10.3. The minimum atomic E-state index is -0.0285. The van der Waals surface area contributed by atoms with Crippen molar-refractivity contribution in [3.63, 3.8) is 0 Å². The Bertz CT molecular complexity index is 1350. The van der Waals surface area contributed by atoms with Crippen molar-refractivity contribution in [3.05, 3.63) is 97.2 Å². The Balaban J connectivity index is 0.000000840. The van der Waals surface area contributed by atoms with Crippen LogP contribution in [0, 0.1) is 16.7 Å². The molecule has 1 heteroatoms. The van der Waals surface area contributed by atoms with Gasteiger partial charge in [0.25, 0.3) is 0 Å². The largest absolute Gasteiger partial charge is 0.393 e. The molecule has 488 valence electrons. The van der Waals surface area contributed by atoms with E-state index in [0.29, 0.717) is 10.8 Å². The molecule has 0 amide bonds. The van der Waals surface area contributed by atoms with Crippen molar-refractivity contribution in [2.75, 3.05) is 0 Å². The first-order chi connectivity index (χ1) is 41.4. The summed E-state index contributed by atoms with van der Waals surface area (Å²) in [5, 5.41) is 10.3. The topological polar surface area (TPSA) is 20.2 Å². The molecule has 0 saturated heterocycles. The van der Waals surface area contributed by atoms with Gasteiger partial charge in [-0.05, 0) is 203 Å². The lowest BCUT2D eigenvalue weighted by molar-refractivity contribution is 0.145. The van der Waals surface area contributed by atoms with Crippen LogP contribution < -0.4 is 0 Å². The summed E-state index contributed by atoms with van der Waals surface area (Å²) in [4.78, 5) is 0. The van der Waals surface area contributed by atoms with Gasteiger partial charge in [0.15, 0.2) is 0 Å². The summed E-state index contributed by atoms with van der Waals surface area (Å²) in [6.07, 6.45) is 116. The summed E-state index contributed by atoms with van der Waals surface area (Å²) < 4.78 is 0. The number of hydrogen-bond donors (Lipinski definition) is 1. The van der Waals surface area contributed by atoms with Crippen LogP contribution in [0.2, 0.25) is 0 Å². The molecule has 2 aliphatic rings. The van der Waals surface area contributed by atoms with Crippen molar-refractivity contribution in [1.82, 2.24) is 0 Å². The zero-order valence-electron chi connectivity index (χ0n) is 57.9. The lowest BCUT2D eigenvalue weighted by atomic mass is 9.76. The third-order valence-corrected chi connectivity index (χ3v) is 19.3. The summed E-state index contributed by atoms with van der Waals surface area (Å²) in [6.45, 7) is 11.6. The number of aliphatic hydroxyl groups is 1. The second-order valence-corrected chi connectivity index (χ2v) is 27.6. The summed E-state index contributed by atoms with van der Waals surface area (Å²) in [6, 6.07) is 0. The first-order valence-electron chi connectivity index (χ1n) is 38.3. The van der Waals surface area contributed by atoms with Crippen molar-refractivity contribution in [3.8, 4) is 0 Å². The Hall–Kier alpha value is -2.12. The summed E-state index contributed by atoms with van der Waals surface area (Å²) in [7, 11) is 0. The number of aliphatic hydroxyl groups excluding tert-OH is 1. The highest BCUT2D eigenvalue weighted by atomic mass is 16.3. The van der Waals surface area contributed by atoms with Crippen LogP contribution in [0.1, 0.15) is 407 Å². The van der Waals surface area contributed by atoms with Gasteiger partial charge in [0.05, 0.1) is 6.10 Å². The molecule has 2 rings (SSSR count). The fraction of sp³-hybridized carbons (Fsp3) is 0.807. The predicted molar refractivity (Wildman–Crippen MR) is 384 cm³/mol. The minimum Gasteiger partial charge on any atom is -0.393 e. The van der Waals surface area contributed by atoms with Crippen molar-refractivity contribution in [1.29, 1.82) is 0 Å². The molecule has 0 radical (unpaired) electrons. The van der Waals surface area contributed by atoms with Gasteiger partial charge in [-0.3, -0.25) is 0 Å². The number of hydrogen-bond acceptors (Lipinski definition) is 1. The molecule has 2 saturated carbocycles. The number of allylic oxidation sites excluding steroid dienone is 16. The Labute approximate surface area is 529 Å². The van der Waals surface area contributed by atoms with Gasteiger partial charge in [-0.1, -0.05) is 318 Å². The van der Waals surface area contributed by atoms with Crippen LogP contribution in [0.3, 0.4) is 0 Å². The predicted octanol–water partition coefficient (Wildman–Crippen LogP) is 29.1. The average molecular weight is 1160 g/mol. The molecule has 0 aromatic carbocycles. The molecular weight excluding hydrogens is 1010 g/mol. The molecular formula is C83H150O. The smallest absolute Gasteiger partial charge is 0.0545 e. The van der Waals surface area contributed by atoms with Crippen LogP contribution in [0.5, 0.6) is 0 Å². The molecule has 0 aromatic heterocycles. The standard InChI is InChI=1S/C42H76.C41H74O/c1-4-6-8-10-12-14-16-18-20-22-24-26-28-30-32-34-37-42(39-36-41(3)40-42)38-35-33-31-29-27-25-23-21-19-17-15-13-11-9-7-5-2;1-3-5-7-9-11-13-15-17-19-21-23-25-27-29-31-33-36-41(38-35-40(42)39-41)37-34-32-30-28-26-24-22-20-18-16-14-12-10-8-6-4-2/h12-15,18-21,41H,4-11,16-17,22-40H2,1-3H3;11-14,17-20,40,42H,3-10,15-16,21-39H2,1-2H3/b14-12-,15-13-,20-18-,21-19-;13-11-,14-12-,19-17-,20-18-. The zero-order valence-corrected chi connectivity index (χ0v) is 57.9. The molecule has 1 nitrogen and oxygen atoms in total. The molecule has 0 bridgehead atoms.